The van der Waals surface area contributed by atoms with Crippen molar-refractivity contribution in [3.63, 3.8) is 0 Å². The summed E-state index contributed by atoms with van der Waals surface area (Å²) in [5, 5.41) is 0. The van der Waals surface area contributed by atoms with Gasteiger partial charge in [0.25, 0.3) is 0 Å². The highest BCUT2D eigenvalue weighted by Gasteiger charge is 2.00. The summed E-state index contributed by atoms with van der Waals surface area (Å²) >= 11 is 6.69. The molecule has 0 radical (unpaired) electrons. The second kappa shape index (κ2) is 5.11. The molecule has 0 atom stereocenters. The molecule has 1 N–H and O–H groups in total. The summed E-state index contributed by atoms with van der Waals surface area (Å²) in [5.74, 6) is 0.999. The zero-order valence-electron chi connectivity index (χ0n) is 6.86. The van der Waals surface area contributed by atoms with Gasteiger partial charge in [-0.05, 0) is 18.0 Å². The fourth-order valence-electron chi connectivity index (χ4n) is 0.742. The van der Waals surface area contributed by atoms with Crippen LogP contribution in [0.25, 0.3) is 0 Å². The van der Waals surface area contributed by atoms with E-state index < -0.39 is 0 Å². The molecule has 0 amide bonds. The first-order valence-electron chi connectivity index (χ1n) is 3.73. The number of aromatic nitrogens is 1. The highest BCUT2D eigenvalue weighted by atomic mass is 32.2. The number of thiocarbonyl (C=S) groups is 1. The van der Waals surface area contributed by atoms with Crippen LogP contribution in [0.15, 0.2) is 30.6 Å². The van der Waals surface area contributed by atoms with Crippen LogP contribution in [0.1, 0.15) is 6.92 Å². The summed E-state index contributed by atoms with van der Waals surface area (Å²) in [4.78, 5) is 0. The SMILES string of the molecule is CCSC(=S)N[n+]1ccccc1. The molecule has 12 heavy (non-hydrogen) atoms. The Balaban J connectivity index is 2.47. The smallest absolute Gasteiger partial charge is 0.143 e. The van der Waals surface area contributed by atoms with Crippen LogP contribution in [0.5, 0.6) is 0 Å². The second-order valence-corrected chi connectivity index (χ2v) is 4.06. The largest absolute Gasteiger partial charge is 0.199 e. The minimum atomic E-state index is 0.800. The molecule has 0 unspecified atom stereocenters. The molecule has 0 saturated heterocycles. The standard InChI is InChI=1S/C8H10N2S2/c1-2-12-8(11)9-10-6-4-3-5-7-10/h3-7H,2H2,1H3/p+1. The summed E-state index contributed by atoms with van der Waals surface area (Å²) in [6.07, 6.45) is 3.84. The van der Waals surface area contributed by atoms with Crippen molar-refractivity contribution >= 4 is 28.3 Å². The van der Waals surface area contributed by atoms with Crippen LogP contribution in [0.2, 0.25) is 0 Å². The van der Waals surface area contributed by atoms with E-state index in [1.165, 1.54) is 0 Å². The van der Waals surface area contributed by atoms with Gasteiger partial charge in [0, 0.05) is 12.1 Å². The van der Waals surface area contributed by atoms with Gasteiger partial charge in [-0.3, -0.25) is 0 Å². The van der Waals surface area contributed by atoms with Crippen molar-refractivity contribution in [3.05, 3.63) is 30.6 Å². The Morgan fingerprint density at radius 2 is 2.08 bits per heavy atom. The summed E-state index contributed by atoms with van der Waals surface area (Å²) in [6, 6.07) is 5.87. The molecule has 0 spiro atoms. The first kappa shape index (κ1) is 9.48. The molecule has 64 valence electrons. The molecular formula is C8H11N2S2+. The van der Waals surface area contributed by atoms with Crippen LogP contribution in [0.4, 0.5) is 0 Å². The molecule has 4 heteroatoms. The quantitative estimate of drug-likeness (QED) is 0.575. The third-order valence-corrected chi connectivity index (χ3v) is 2.30. The summed E-state index contributed by atoms with van der Waals surface area (Å²) in [7, 11) is 0. The van der Waals surface area contributed by atoms with E-state index in [1.54, 1.807) is 11.8 Å². The zero-order valence-corrected chi connectivity index (χ0v) is 8.49. The maximum Gasteiger partial charge on any atom is 0.199 e. The molecule has 0 aliphatic heterocycles. The van der Waals surface area contributed by atoms with Crippen LogP contribution in [0.3, 0.4) is 0 Å². The molecule has 2 nitrogen and oxygen atoms in total. The van der Waals surface area contributed by atoms with Crippen LogP contribution in [-0.4, -0.2) is 10.1 Å². The Bertz CT molecular complexity index is 248. The minimum absolute atomic E-state index is 0.800. The number of pyridine rings is 1. The van der Waals surface area contributed by atoms with Crippen molar-refractivity contribution in [3.8, 4) is 0 Å². The van der Waals surface area contributed by atoms with Crippen molar-refractivity contribution in [1.29, 1.82) is 0 Å². The van der Waals surface area contributed by atoms with E-state index in [9.17, 15) is 0 Å². The lowest BCUT2D eigenvalue weighted by Gasteiger charge is -1.98. The number of nitrogens with one attached hydrogen (secondary N) is 1. The number of thioether (sulfide) groups is 1. The van der Waals surface area contributed by atoms with Gasteiger partial charge in [0.15, 0.2) is 16.7 Å². The predicted molar refractivity (Wildman–Crippen MR) is 56.7 cm³/mol. The second-order valence-electron chi connectivity index (χ2n) is 2.12. The number of hydrogen-bond donors (Lipinski definition) is 1. The Labute approximate surface area is 82.0 Å². The Morgan fingerprint density at radius 1 is 1.42 bits per heavy atom. The number of hydrogen-bond acceptors (Lipinski definition) is 2. The lowest BCUT2D eigenvalue weighted by atomic mass is 10.5. The fraction of sp³-hybridized carbons (Fsp3) is 0.250. The van der Waals surface area contributed by atoms with E-state index in [-0.39, 0.29) is 0 Å². The van der Waals surface area contributed by atoms with Crippen molar-refractivity contribution in [1.82, 2.24) is 0 Å². The summed E-state index contributed by atoms with van der Waals surface area (Å²) < 4.78 is 2.64. The van der Waals surface area contributed by atoms with Gasteiger partial charge in [-0.15, -0.1) is 5.43 Å². The third kappa shape index (κ3) is 3.19. The molecule has 0 aliphatic rings. The number of rotatable bonds is 2. The maximum atomic E-state index is 5.07. The maximum absolute atomic E-state index is 5.07. The monoisotopic (exact) mass is 199 g/mol. The molecule has 1 aromatic rings. The van der Waals surface area contributed by atoms with Gasteiger partial charge in [-0.25, -0.2) is 0 Å². The fourth-order valence-corrected chi connectivity index (χ4v) is 1.63. The van der Waals surface area contributed by atoms with Crippen LogP contribution in [0, 0.1) is 0 Å². The molecule has 0 saturated carbocycles. The van der Waals surface area contributed by atoms with E-state index in [4.69, 9.17) is 12.2 Å². The van der Waals surface area contributed by atoms with E-state index >= 15 is 0 Å². The molecule has 1 aromatic heterocycles. The van der Waals surface area contributed by atoms with Gasteiger partial charge >= 0.3 is 0 Å². The Morgan fingerprint density at radius 3 is 2.67 bits per heavy atom. The highest BCUT2D eigenvalue weighted by Crippen LogP contribution is 1.99. The van der Waals surface area contributed by atoms with Crippen molar-refractivity contribution < 1.29 is 4.68 Å². The average Bonchev–Trinajstić information content (AvgIpc) is 2.06. The van der Waals surface area contributed by atoms with Crippen molar-refractivity contribution in [2.24, 2.45) is 0 Å². The van der Waals surface area contributed by atoms with E-state index in [2.05, 4.69) is 12.3 Å². The van der Waals surface area contributed by atoms with Gasteiger partial charge in [-0.1, -0.05) is 29.4 Å². The highest BCUT2D eigenvalue weighted by molar-refractivity contribution is 8.23. The van der Waals surface area contributed by atoms with Gasteiger partial charge in [0.1, 0.15) is 0 Å². The van der Waals surface area contributed by atoms with Gasteiger partial charge in [0.05, 0.1) is 0 Å². The lowest BCUT2D eigenvalue weighted by molar-refractivity contribution is -0.639. The minimum Gasteiger partial charge on any atom is -0.143 e. The van der Waals surface area contributed by atoms with E-state index in [0.29, 0.717) is 0 Å². The first-order chi connectivity index (χ1) is 5.83. The van der Waals surface area contributed by atoms with Gasteiger partial charge < -0.3 is 0 Å². The topological polar surface area (TPSA) is 15.9 Å². The molecule has 1 rings (SSSR count). The molecular weight excluding hydrogens is 188 g/mol. The Hall–Kier alpha value is -0.610. The van der Waals surface area contributed by atoms with E-state index in [1.807, 2.05) is 35.3 Å². The molecule has 1 heterocycles. The lowest BCUT2D eigenvalue weighted by Crippen LogP contribution is -2.45. The van der Waals surface area contributed by atoms with Crippen LogP contribution in [-0.2, 0) is 0 Å². The summed E-state index contributed by atoms with van der Waals surface area (Å²) in [5.41, 5.74) is 3.05. The van der Waals surface area contributed by atoms with Gasteiger partial charge in [-0.2, -0.15) is 0 Å². The Kier molecular flexibility index (Phi) is 4.04. The van der Waals surface area contributed by atoms with Crippen LogP contribution >= 0.6 is 24.0 Å². The molecule has 0 aromatic carbocycles. The van der Waals surface area contributed by atoms with E-state index in [0.717, 1.165) is 10.1 Å². The third-order valence-electron chi connectivity index (χ3n) is 1.21. The zero-order chi connectivity index (χ0) is 8.81. The average molecular weight is 199 g/mol. The van der Waals surface area contributed by atoms with Crippen molar-refractivity contribution in [2.75, 3.05) is 11.2 Å². The van der Waals surface area contributed by atoms with Crippen molar-refractivity contribution in [2.45, 2.75) is 6.92 Å². The van der Waals surface area contributed by atoms with Gasteiger partial charge in [0.2, 0.25) is 0 Å². The normalized spacial score (nSPS) is 9.42. The number of nitrogens with zero attached hydrogens (tertiary/aromatic N) is 1. The molecule has 0 aliphatic carbocycles. The van der Waals surface area contributed by atoms with Crippen LogP contribution < -0.4 is 10.1 Å². The molecule has 0 bridgehead atoms. The first-order valence-corrected chi connectivity index (χ1v) is 5.12. The predicted octanol–water partition coefficient (Wildman–Crippen LogP) is 1.56. The molecule has 0 fully saturated rings. The summed E-state index contributed by atoms with van der Waals surface area (Å²) in [6.45, 7) is 2.08.